The van der Waals surface area contributed by atoms with Crippen LogP contribution in [0.25, 0.3) is 0 Å². The van der Waals surface area contributed by atoms with Gasteiger partial charge in [0.15, 0.2) is 0 Å². The summed E-state index contributed by atoms with van der Waals surface area (Å²) in [5.41, 5.74) is 4.68. The lowest BCUT2D eigenvalue weighted by atomic mass is 9.73. The number of hydrogen-bond donors (Lipinski definition) is 0. The average Bonchev–Trinajstić information content (AvgIpc) is 2.72. The van der Waals surface area contributed by atoms with E-state index < -0.39 is 12.1 Å². The highest BCUT2D eigenvalue weighted by atomic mass is 19.4. The minimum atomic E-state index is -4.80. The number of benzene rings is 2. The van der Waals surface area contributed by atoms with Crippen LogP contribution in [0.3, 0.4) is 0 Å². The van der Waals surface area contributed by atoms with Gasteiger partial charge in [-0.2, -0.15) is 13.2 Å². The summed E-state index contributed by atoms with van der Waals surface area (Å²) in [6, 6.07) is 13.9. The molecule has 154 valence electrons. The van der Waals surface area contributed by atoms with E-state index in [1.54, 1.807) is 7.11 Å². The van der Waals surface area contributed by atoms with E-state index in [1.165, 1.54) is 16.7 Å². The summed E-state index contributed by atoms with van der Waals surface area (Å²) < 4.78 is 44.2. The van der Waals surface area contributed by atoms with E-state index >= 15 is 0 Å². The van der Waals surface area contributed by atoms with Crippen LogP contribution < -0.4 is 4.74 Å². The van der Waals surface area contributed by atoms with Gasteiger partial charge < -0.3 is 9.64 Å². The number of piperidine rings is 1. The molecule has 3 nitrogen and oxygen atoms in total. The minimum Gasteiger partial charge on any atom is -0.497 e. The van der Waals surface area contributed by atoms with Gasteiger partial charge in [-0.25, -0.2) is 0 Å². The van der Waals surface area contributed by atoms with Crippen LogP contribution in [0.2, 0.25) is 0 Å². The van der Waals surface area contributed by atoms with E-state index in [4.69, 9.17) is 4.74 Å². The number of hydrogen-bond acceptors (Lipinski definition) is 2. The number of carbonyl (C=O) groups excluding carboxylic acids is 1. The normalized spacial score (nSPS) is 21.3. The van der Waals surface area contributed by atoms with Gasteiger partial charge in [0.05, 0.1) is 7.11 Å². The van der Waals surface area contributed by atoms with Gasteiger partial charge in [0.25, 0.3) is 0 Å². The Morgan fingerprint density at radius 2 is 1.83 bits per heavy atom. The molecule has 1 heterocycles. The summed E-state index contributed by atoms with van der Waals surface area (Å²) in [5.74, 6) is -0.874. The lowest BCUT2D eigenvalue weighted by molar-refractivity contribution is -0.189. The Hall–Kier alpha value is -2.50. The zero-order valence-corrected chi connectivity index (χ0v) is 16.3. The van der Waals surface area contributed by atoms with Gasteiger partial charge in [-0.05, 0) is 66.5 Å². The molecule has 2 atom stereocenters. The molecule has 1 aliphatic carbocycles. The van der Waals surface area contributed by atoms with Gasteiger partial charge in [0, 0.05) is 18.5 Å². The van der Waals surface area contributed by atoms with Gasteiger partial charge in [-0.3, -0.25) is 4.79 Å². The molecule has 0 aromatic heterocycles. The molecule has 0 saturated carbocycles. The minimum absolute atomic E-state index is 0.00571. The van der Waals surface area contributed by atoms with Gasteiger partial charge >= 0.3 is 12.1 Å². The molecule has 0 N–H and O–H groups in total. The number of amides is 1. The predicted octanol–water partition coefficient (Wildman–Crippen LogP) is 4.87. The van der Waals surface area contributed by atoms with E-state index in [0.717, 1.165) is 29.1 Å². The monoisotopic (exact) mass is 403 g/mol. The first-order valence-electron chi connectivity index (χ1n) is 9.99. The molecule has 0 spiro atoms. The summed E-state index contributed by atoms with van der Waals surface area (Å²) >= 11 is 0. The van der Waals surface area contributed by atoms with Gasteiger partial charge in [0.1, 0.15) is 5.75 Å². The van der Waals surface area contributed by atoms with Crippen molar-refractivity contribution in [1.82, 2.24) is 4.90 Å². The lowest BCUT2D eigenvalue weighted by Gasteiger charge is -2.45. The molecular formula is C23H24F3NO2. The Kier molecular flexibility index (Phi) is 5.28. The molecule has 0 radical (unpaired) electrons. The Morgan fingerprint density at radius 1 is 1.10 bits per heavy atom. The SMILES string of the molecule is COc1ccc(Cc2ccc3c(c2)CC[C@H]2C3CCCN2C(=O)C(F)(F)F)cc1. The molecule has 2 aromatic rings. The van der Waals surface area contributed by atoms with Crippen molar-refractivity contribution in [3.05, 3.63) is 64.7 Å². The first-order valence-corrected chi connectivity index (χ1v) is 9.99. The Balaban J connectivity index is 1.54. The summed E-state index contributed by atoms with van der Waals surface area (Å²) in [7, 11) is 1.64. The Morgan fingerprint density at radius 3 is 2.52 bits per heavy atom. The number of ether oxygens (including phenoxy) is 1. The largest absolute Gasteiger partial charge is 0.497 e. The van der Waals surface area contributed by atoms with Crippen molar-refractivity contribution in [2.24, 2.45) is 0 Å². The smallest absolute Gasteiger partial charge is 0.471 e. The third kappa shape index (κ3) is 3.98. The molecule has 1 fully saturated rings. The standard InChI is InChI=1S/C23H24F3NO2/c1-29-18-8-4-15(5-9-18)13-16-6-10-19-17(14-16)7-11-21-20(19)3-2-12-27(21)22(28)23(24,25)26/h4-6,8-10,14,20-21H,2-3,7,11-13H2,1H3/t20?,21-/m0/s1. The number of aryl methyl sites for hydroxylation is 1. The second-order valence-electron chi connectivity index (χ2n) is 7.91. The first kappa shape index (κ1) is 19.8. The molecule has 2 aliphatic rings. The predicted molar refractivity (Wildman–Crippen MR) is 104 cm³/mol. The maximum absolute atomic E-state index is 13.0. The zero-order valence-electron chi connectivity index (χ0n) is 16.3. The molecule has 1 amide bonds. The summed E-state index contributed by atoms with van der Waals surface area (Å²) in [4.78, 5) is 13.0. The highest BCUT2D eigenvalue weighted by Crippen LogP contribution is 2.42. The number of nitrogens with zero attached hydrogens (tertiary/aromatic N) is 1. The first-order chi connectivity index (χ1) is 13.9. The van der Waals surface area contributed by atoms with Crippen molar-refractivity contribution < 1.29 is 22.7 Å². The Labute approximate surface area is 168 Å². The van der Waals surface area contributed by atoms with Crippen molar-refractivity contribution >= 4 is 5.91 Å². The van der Waals surface area contributed by atoms with E-state index in [2.05, 4.69) is 18.2 Å². The van der Waals surface area contributed by atoms with Gasteiger partial charge in [-0.15, -0.1) is 0 Å². The summed E-state index contributed by atoms with van der Waals surface area (Å²) in [6.07, 6.45) is -1.28. The molecular weight excluding hydrogens is 379 g/mol. The number of methoxy groups -OCH3 is 1. The third-order valence-corrected chi connectivity index (χ3v) is 6.17. The highest BCUT2D eigenvalue weighted by molar-refractivity contribution is 5.82. The maximum atomic E-state index is 13.0. The lowest BCUT2D eigenvalue weighted by Crippen LogP contribution is -2.53. The molecule has 1 saturated heterocycles. The van der Waals surface area contributed by atoms with E-state index in [-0.39, 0.29) is 18.5 Å². The molecule has 29 heavy (non-hydrogen) atoms. The molecule has 6 heteroatoms. The average molecular weight is 403 g/mol. The third-order valence-electron chi connectivity index (χ3n) is 6.17. The molecule has 0 bridgehead atoms. The van der Waals surface area contributed by atoms with Crippen LogP contribution in [-0.2, 0) is 17.6 Å². The number of likely N-dealkylation sites (tertiary alicyclic amines) is 1. The topological polar surface area (TPSA) is 29.5 Å². The molecule has 1 unspecified atom stereocenters. The molecule has 1 aliphatic heterocycles. The van der Waals surface area contributed by atoms with Gasteiger partial charge in [0.2, 0.25) is 0 Å². The maximum Gasteiger partial charge on any atom is 0.471 e. The van der Waals surface area contributed by atoms with Crippen molar-refractivity contribution in [1.29, 1.82) is 0 Å². The van der Waals surface area contributed by atoms with Crippen LogP contribution in [0, 0.1) is 0 Å². The van der Waals surface area contributed by atoms with Crippen molar-refractivity contribution in [2.45, 2.75) is 50.2 Å². The molecule has 2 aromatic carbocycles. The highest BCUT2D eigenvalue weighted by Gasteiger charge is 2.48. The van der Waals surface area contributed by atoms with Crippen LogP contribution in [0.4, 0.5) is 13.2 Å². The van der Waals surface area contributed by atoms with Crippen LogP contribution >= 0.6 is 0 Å². The fraction of sp³-hybridized carbons (Fsp3) is 0.435. The fourth-order valence-electron chi connectivity index (χ4n) is 4.82. The van der Waals surface area contributed by atoms with Crippen molar-refractivity contribution in [3.8, 4) is 5.75 Å². The van der Waals surface area contributed by atoms with Gasteiger partial charge in [-0.1, -0.05) is 30.3 Å². The zero-order chi connectivity index (χ0) is 20.6. The quantitative estimate of drug-likeness (QED) is 0.732. The number of fused-ring (bicyclic) bond motifs is 3. The van der Waals surface area contributed by atoms with E-state index in [9.17, 15) is 18.0 Å². The second-order valence-corrected chi connectivity index (χ2v) is 7.91. The van der Waals surface area contributed by atoms with Crippen molar-refractivity contribution in [2.75, 3.05) is 13.7 Å². The number of halogens is 3. The number of carbonyl (C=O) groups is 1. The van der Waals surface area contributed by atoms with Crippen molar-refractivity contribution in [3.63, 3.8) is 0 Å². The fourth-order valence-corrected chi connectivity index (χ4v) is 4.82. The summed E-state index contributed by atoms with van der Waals surface area (Å²) in [5, 5.41) is 0. The number of rotatable bonds is 3. The molecule has 4 rings (SSSR count). The van der Waals surface area contributed by atoms with Crippen LogP contribution in [0.1, 0.15) is 47.4 Å². The van der Waals surface area contributed by atoms with Crippen LogP contribution in [0.5, 0.6) is 5.75 Å². The van der Waals surface area contributed by atoms with Crippen LogP contribution in [-0.4, -0.2) is 36.7 Å². The number of alkyl halides is 3. The van der Waals surface area contributed by atoms with E-state index in [1.807, 2.05) is 24.3 Å². The Bertz CT molecular complexity index is 892. The van der Waals surface area contributed by atoms with Crippen LogP contribution in [0.15, 0.2) is 42.5 Å². The second kappa shape index (κ2) is 7.73. The van der Waals surface area contributed by atoms with E-state index in [0.29, 0.717) is 19.3 Å². The summed E-state index contributed by atoms with van der Waals surface area (Å²) in [6.45, 7) is 0.199.